The zero-order valence-corrected chi connectivity index (χ0v) is 10.3. The largest absolute Gasteiger partial charge is 0.460 e. The van der Waals surface area contributed by atoms with E-state index >= 15 is 0 Å². The fourth-order valence-electron chi connectivity index (χ4n) is 1.25. The highest BCUT2D eigenvalue weighted by molar-refractivity contribution is 7.55. The smallest absolute Gasteiger partial charge is 0.327 e. The molecule has 1 aromatic rings. The lowest BCUT2D eigenvalue weighted by Crippen LogP contribution is -2.34. The number of nitrogens with two attached hydrogens (primary N) is 1. The molecule has 0 saturated heterocycles. The van der Waals surface area contributed by atoms with Crippen LogP contribution in [-0.2, 0) is 16.1 Å². The van der Waals surface area contributed by atoms with Crippen LogP contribution in [0.3, 0.4) is 0 Å². The van der Waals surface area contributed by atoms with Gasteiger partial charge in [-0.3, -0.25) is 4.79 Å². The summed E-state index contributed by atoms with van der Waals surface area (Å²) >= 11 is 0. The van der Waals surface area contributed by atoms with E-state index in [9.17, 15) is 4.79 Å². The van der Waals surface area contributed by atoms with Gasteiger partial charge in [0, 0.05) is 0 Å². The van der Waals surface area contributed by atoms with Gasteiger partial charge >= 0.3 is 5.97 Å². The number of hydrogen-bond donors (Lipinski definition) is 1. The summed E-state index contributed by atoms with van der Waals surface area (Å²) in [4.78, 5) is 11.5. The Kier molecular flexibility index (Phi) is 5.17. The van der Waals surface area contributed by atoms with Gasteiger partial charge in [-0.15, -0.1) is 0 Å². The highest BCUT2D eigenvalue weighted by atomic mass is 31.1. The molecule has 4 heteroatoms. The van der Waals surface area contributed by atoms with Crippen LogP contribution in [0.1, 0.15) is 5.56 Å². The zero-order valence-electron chi connectivity index (χ0n) is 9.43. The molecule has 86 valence electrons. The quantitative estimate of drug-likeness (QED) is 0.626. The van der Waals surface area contributed by atoms with Crippen molar-refractivity contribution in [2.24, 2.45) is 5.73 Å². The molecule has 0 fully saturated rings. The summed E-state index contributed by atoms with van der Waals surface area (Å²) in [5.41, 5.74) is 6.65. The number of esters is 1. The molecule has 16 heavy (non-hydrogen) atoms. The van der Waals surface area contributed by atoms with Crippen molar-refractivity contribution >= 4 is 19.8 Å². The van der Waals surface area contributed by atoms with Gasteiger partial charge in [-0.25, -0.2) is 0 Å². The van der Waals surface area contributed by atoms with E-state index in [1.165, 1.54) is 0 Å². The predicted molar refractivity (Wildman–Crippen MR) is 69.0 cm³/mol. The van der Waals surface area contributed by atoms with E-state index in [4.69, 9.17) is 10.5 Å². The Morgan fingerprint density at radius 2 is 2.12 bits per heavy atom. The summed E-state index contributed by atoms with van der Waals surface area (Å²) in [6.07, 6.45) is 4.47. The molecule has 0 spiro atoms. The van der Waals surface area contributed by atoms with Gasteiger partial charge in [0.2, 0.25) is 0 Å². The molecular weight excluding hydrogens is 221 g/mol. The molecule has 0 aliphatic heterocycles. The molecule has 1 aromatic carbocycles. The average Bonchev–Trinajstić information content (AvgIpc) is 2.26. The van der Waals surface area contributed by atoms with Crippen LogP contribution in [0.2, 0.25) is 0 Å². The fraction of sp³-hybridized carbons (Fsp3) is 0.333. The minimum absolute atomic E-state index is 0.284. The SMILES string of the molecule is C=[P+](C)CC(N)C(=O)OCc1ccccc1. The monoisotopic (exact) mass is 238 g/mol. The zero-order chi connectivity index (χ0) is 12.0. The second kappa shape index (κ2) is 6.41. The normalized spacial score (nSPS) is 13.0. The number of carbonyl (C=O) groups excluding carboxylic acids is 1. The first-order valence-electron chi connectivity index (χ1n) is 5.07. The molecule has 0 aliphatic carbocycles. The first kappa shape index (κ1) is 12.9. The van der Waals surface area contributed by atoms with Crippen LogP contribution in [0.15, 0.2) is 30.3 Å². The Morgan fingerprint density at radius 1 is 1.50 bits per heavy atom. The van der Waals surface area contributed by atoms with Crippen molar-refractivity contribution in [2.45, 2.75) is 12.6 Å². The molecule has 0 saturated carbocycles. The summed E-state index contributed by atoms with van der Waals surface area (Å²) in [7, 11) is -0.413. The highest BCUT2D eigenvalue weighted by Crippen LogP contribution is 2.13. The summed E-state index contributed by atoms with van der Waals surface area (Å²) in [5, 5.41) is 0. The van der Waals surface area contributed by atoms with Gasteiger partial charge in [-0.1, -0.05) is 30.3 Å². The maximum absolute atomic E-state index is 11.5. The highest BCUT2D eigenvalue weighted by Gasteiger charge is 2.19. The third kappa shape index (κ3) is 4.56. The van der Waals surface area contributed by atoms with E-state index < -0.39 is 13.6 Å². The fourth-order valence-corrected chi connectivity index (χ4v) is 2.07. The van der Waals surface area contributed by atoms with Crippen LogP contribution in [0.5, 0.6) is 0 Å². The lowest BCUT2D eigenvalue weighted by molar-refractivity contribution is -0.145. The van der Waals surface area contributed by atoms with Crippen LogP contribution in [0, 0.1) is 0 Å². The number of benzene rings is 1. The van der Waals surface area contributed by atoms with Crippen molar-refractivity contribution in [3.8, 4) is 0 Å². The first-order chi connectivity index (χ1) is 7.59. The molecule has 0 aliphatic rings. The first-order valence-corrected chi connectivity index (χ1v) is 7.23. The van der Waals surface area contributed by atoms with Crippen molar-refractivity contribution < 1.29 is 9.53 Å². The molecule has 2 N–H and O–H groups in total. The van der Waals surface area contributed by atoms with Crippen molar-refractivity contribution in [2.75, 3.05) is 12.8 Å². The summed E-state index contributed by atoms with van der Waals surface area (Å²) in [6, 6.07) is 9.01. The minimum Gasteiger partial charge on any atom is -0.460 e. The second-order valence-electron chi connectivity index (χ2n) is 3.74. The van der Waals surface area contributed by atoms with Gasteiger partial charge in [0.15, 0.2) is 0 Å². The molecule has 0 amide bonds. The van der Waals surface area contributed by atoms with Crippen LogP contribution in [0.4, 0.5) is 0 Å². The molecule has 0 bridgehead atoms. The van der Waals surface area contributed by atoms with E-state index in [1.54, 1.807) is 0 Å². The van der Waals surface area contributed by atoms with Crippen molar-refractivity contribution in [3.63, 3.8) is 0 Å². The summed E-state index contributed by atoms with van der Waals surface area (Å²) in [6.45, 7) is 2.27. The Hall–Kier alpha value is -1.18. The molecule has 2 atom stereocenters. The van der Waals surface area contributed by atoms with Crippen LogP contribution in [0.25, 0.3) is 0 Å². The molecule has 0 aromatic heterocycles. The van der Waals surface area contributed by atoms with Crippen molar-refractivity contribution in [1.82, 2.24) is 0 Å². The summed E-state index contributed by atoms with van der Waals surface area (Å²) < 4.78 is 5.11. The molecule has 2 unspecified atom stereocenters. The average molecular weight is 238 g/mol. The molecule has 3 nitrogen and oxygen atoms in total. The lowest BCUT2D eigenvalue weighted by atomic mass is 10.2. The molecule has 1 rings (SSSR count). The van der Waals surface area contributed by atoms with Crippen LogP contribution < -0.4 is 5.73 Å². The van der Waals surface area contributed by atoms with E-state index in [1.807, 2.05) is 37.0 Å². The standard InChI is InChI=1S/C12H17NO2P/c1-16(2)9-11(13)12(14)15-8-10-6-4-3-5-7-10/h3-7,11H,1,8-9,13H2,2H3/q+1. The van der Waals surface area contributed by atoms with Crippen molar-refractivity contribution in [3.05, 3.63) is 35.9 Å². The Bertz CT molecular complexity index is 365. The maximum Gasteiger partial charge on any atom is 0.327 e. The number of rotatable bonds is 5. The predicted octanol–water partition coefficient (Wildman–Crippen LogP) is 1.60. The topological polar surface area (TPSA) is 52.3 Å². The van der Waals surface area contributed by atoms with E-state index in [0.717, 1.165) is 5.56 Å². The third-order valence-electron chi connectivity index (χ3n) is 2.04. The third-order valence-corrected chi connectivity index (χ3v) is 3.05. The Balaban J connectivity index is 2.38. The van der Waals surface area contributed by atoms with Crippen LogP contribution in [-0.4, -0.2) is 31.1 Å². The number of hydrogen-bond acceptors (Lipinski definition) is 3. The number of ether oxygens (including phenoxy) is 1. The maximum atomic E-state index is 11.5. The molecule has 0 heterocycles. The van der Waals surface area contributed by atoms with E-state index in [0.29, 0.717) is 6.16 Å². The van der Waals surface area contributed by atoms with Gasteiger partial charge in [0.1, 0.15) is 18.8 Å². The Labute approximate surface area is 97.0 Å². The lowest BCUT2D eigenvalue weighted by Gasteiger charge is -2.08. The van der Waals surface area contributed by atoms with E-state index in [2.05, 4.69) is 6.30 Å². The van der Waals surface area contributed by atoms with Gasteiger partial charge in [0.25, 0.3) is 0 Å². The van der Waals surface area contributed by atoms with Gasteiger partial charge in [-0.2, -0.15) is 0 Å². The molecule has 0 radical (unpaired) electrons. The van der Waals surface area contributed by atoms with Gasteiger partial charge in [-0.05, 0) is 5.56 Å². The minimum atomic E-state index is -0.544. The van der Waals surface area contributed by atoms with Crippen LogP contribution >= 0.6 is 7.55 Å². The molecular formula is C12H17NO2P+. The van der Waals surface area contributed by atoms with E-state index in [-0.39, 0.29) is 12.6 Å². The van der Waals surface area contributed by atoms with Crippen molar-refractivity contribution in [1.29, 1.82) is 0 Å². The second-order valence-corrected chi connectivity index (χ2v) is 5.82. The Morgan fingerprint density at radius 3 is 2.69 bits per heavy atom. The van der Waals surface area contributed by atoms with Gasteiger partial charge < -0.3 is 10.5 Å². The number of carbonyl (C=O) groups is 1. The van der Waals surface area contributed by atoms with Gasteiger partial charge in [0.05, 0.1) is 20.5 Å². The summed E-state index contributed by atoms with van der Waals surface area (Å²) in [5.74, 6) is -0.346.